The largest absolute Gasteiger partial charge is 0.378 e. The summed E-state index contributed by atoms with van der Waals surface area (Å²) in [5.41, 5.74) is 7.23. The minimum absolute atomic E-state index is 0.359. The lowest BCUT2D eigenvalue weighted by molar-refractivity contribution is -0.00770. The molecule has 1 aromatic carbocycles. The van der Waals surface area contributed by atoms with Gasteiger partial charge >= 0.3 is 0 Å². The molecule has 1 saturated heterocycles. The van der Waals surface area contributed by atoms with Crippen LogP contribution in [0.15, 0.2) is 29.6 Å². The highest BCUT2D eigenvalue weighted by molar-refractivity contribution is 7.17. The number of hydrogen-bond donors (Lipinski definition) is 1. The third-order valence-electron chi connectivity index (χ3n) is 3.56. The first-order valence-electron chi connectivity index (χ1n) is 6.35. The number of rotatable bonds is 3. The first-order chi connectivity index (χ1) is 8.88. The third-order valence-corrected chi connectivity index (χ3v) is 4.57. The fourth-order valence-corrected chi connectivity index (χ4v) is 3.44. The minimum atomic E-state index is 0.359. The summed E-state index contributed by atoms with van der Waals surface area (Å²) in [5, 5.41) is 3.65. The summed E-state index contributed by atoms with van der Waals surface area (Å²) >= 11 is 1.82. The molecule has 1 aromatic heterocycles. The quantitative estimate of drug-likeness (QED) is 0.920. The number of benzene rings is 1. The van der Waals surface area contributed by atoms with Crippen LogP contribution in [0.5, 0.6) is 0 Å². The Morgan fingerprint density at radius 2 is 2.28 bits per heavy atom. The molecule has 18 heavy (non-hydrogen) atoms. The summed E-state index contributed by atoms with van der Waals surface area (Å²) in [7, 11) is 0. The van der Waals surface area contributed by atoms with Crippen LogP contribution in [-0.2, 0) is 11.3 Å². The summed E-state index contributed by atoms with van der Waals surface area (Å²) in [6.45, 7) is 4.21. The Balaban J connectivity index is 1.82. The van der Waals surface area contributed by atoms with Crippen molar-refractivity contribution in [2.24, 2.45) is 5.73 Å². The summed E-state index contributed by atoms with van der Waals surface area (Å²) in [6.07, 6.45) is 0. The van der Waals surface area contributed by atoms with E-state index < -0.39 is 0 Å². The number of nitrogens with zero attached hydrogens (tertiary/aromatic N) is 1. The molecule has 96 valence electrons. The van der Waals surface area contributed by atoms with Crippen molar-refractivity contribution in [3.05, 3.63) is 35.2 Å². The van der Waals surface area contributed by atoms with Gasteiger partial charge in [0.25, 0.3) is 0 Å². The number of ether oxygens (including phenoxy) is 1. The number of fused-ring (bicyclic) bond motifs is 1. The van der Waals surface area contributed by atoms with E-state index >= 15 is 0 Å². The van der Waals surface area contributed by atoms with Crippen LogP contribution >= 0.6 is 11.3 Å². The first kappa shape index (κ1) is 12.1. The lowest BCUT2D eigenvalue weighted by Gasteiger charge is -2.34. The molecule has 1 aliphatic rings. The van der Waals surface area contributed by atoms with Gasteiger partial charge in [0.2, 0.25) is 0 Å². The van der Waals surface area contributed by atoms with Gasteiger partial charge in [0.15, 0.2) is 0 Å². The van der Waals surface area contributed by atoms with E-state index in [9.17, 15) is 0 Å². The monoisotopic (exact) mass is 262 g/mol. The van der Waals surface area contributed by atoms with Gasteiger partial charge in [-0.1, -0.05) is 18.2 Å². The molecule has 0 amide bonds. The Morgan fingerprint density at radius 3 is 3.17 bits per heavy atom. The van der Waals surface area contributed by atoms with Crippen LogP contribution in [-0.4, -0.2) is 37.2 Å². The van der Waals surface area contributed by atoms with Crippen LogP contribution in [0.25, 0.3) is 10.1 Å². The molecule has 0 radical (unpaired) electrons. The lowest BCUT2D eigenvalue weighted by atomic mass is 10.1. The fraction of sp³-hybridized carbons (Fsp3) is 0.429. The Labute approximate surface area is 111 Å². The normalized spacial score (nSPS) is 21.5. The van der Waals surface area contributed by atoms with Gasteiger partial charge in [-0.05, 0) is 22.4 Å². The predicted molar refractivity (Wildman–Crippen MR) is 75.9 cm³/mol. The second kappa shape index (κ2) is 5.36. The van der Waals surface area contributed by atoms with E-state index in [1.807, 2.05) is 11.3 Å². The molecule has 0 saturated carbocycles. The van der Waals surface area contributed by atoms with Crippen LogP contribution in [0.4, 0.5) is 0 Å². The Bertz CT molecular complexity index is 525. The molecule has 2 aromatic rings. The zero-order valence-corrected chi connectivity index (χ0v) is 11.2. The smallest absolute Gasteiger partial charge is 0.0634 e. The van der Waals surface area contributed by atoms with Gasteiger partial charge in [-0.2, -0.15) is 0 Å². The van der Waals surface area contributed by atoms with Gasteiger partial charge in [0.05, 0.1) is 13.2 Å². The molecule has 1 atom stereocenters. The van der Waals surface area contributed by atoms with E-state index in [4.69, 9.17) is 10.5 Å². The highest BCUT2D eigenvalue weighted by Crippen LogP contribution is 2.27. The molecule has 0 aliphatic carbocycles. The average Bonchev–Trinajstić information content (AvgIpc) is 2.83. The van der Waals surface area contributed by atoms with Crippen LogP contribution in [0, 0.1) is 0 Å². The molecule has 0 bridgehead atoms. The molecule has 3 nitrogen and oxygen atoms in total. The maximum atomic E-state index is 5.82. The van der Waals surface area contributed by atoms with Crippen molar-refractivity contribution < 1.29 is 4.74 Å². The highest BCUT2D eigenvalue weighted by atomic mass is 32.1. The molecular weight excluding hydrogens is 244 g/mol. The molecule has 4 heteroatoms. The van der Waals surface area contributed by atoms with Crippen molar-refractivity contribution >= 4 is 21.4 Å². The van der Waals surface area contributed by atoms with Gasteiger partial charge in [-0.15, -0.1) is 11.3 Å². The molecule has 2 N–H and O–H groups in total. The van der Waals surface area contributed by atoms with Crippen molar-refractivity contribution in [3.63, 3.8) is 0 Å². The van der Waals surface area contributed by atoms with Gasteiger partial charge in [-0.3, -0.25) is 4.90 Å². The van der Waals surface area contributed by atoms with Crippen LogP contribution in [0.2, 0.25) is 0 Å². The molecule has 3 rings (SSSR count). The fourth-order valence-electron chi connectivity index (χ4n) is 2.49. The molecule has 1 aliphatic heterocycles. The van der Waals surface area contributed by atoms with Gasteiger partial charge in [0.1, 0.15) is 0 Å². The SMILES string of the molecule is NCC1COCCN1Cc1csc2ccccc12. The second-order valence-electron chi connectivity index (χ2n) is 4.69. The molecule has 0 spiro atoms. The van der Waals surface area contributed by atoms with Crippen molar-refractivity contribution in [3.8, 4) is 0 Å². The van der Waals surface area contributed by atoms with Crippen LogP contribution in [0.3, 0.4) is 0 Å². The summed E-state index contributed by atoms with van der Waals surface area (Å²) in [5.74, 6) is 0. The maximum absolute atomic E-state index is 5.82. The number of thiophene rings is 1. The lowest BCUT2D eigenvalue weighted by Crippen LogP contribution is -2.48. The Hall–Kier alpha value is -0.940. The highest BCUT2D eigenvalue weighted by Gasteiger charge is 2.22. The average molecular weight is 262 g/mol. The number of morpholine rings is 1. The zero-order chi connectivity index (χ0) is 12.4. The van der Waals surface area contributed by atoms with Crippen LogP contribution < -0.4 is 5.73 Å². The van der Waals surface area contributed by atoms with E-state index in [2.05, 4.69) is 34.5 Å². The number of nitrogens with two attached hydrogens (primary N) is 1. The van der Waals surface area contributed by atoms with Crippen molar-refractivity contribution in [1.82, 2.24) is 4.90 Å². The van der Waals surface area contributed by atoms with Gasteiger partial charge < -0.3 is 10.5 Å². The molecule has 1 unspecified atom stereocenters. The topological polar surface area (TPSA) is 38.5 Å². The van der Waals surface area contributed by atoms with E-state index in [0.29, 0.717) is 12.6 Å². The second-order valence-corrected chi connectivity index (χ2v) is 5.60. The minimum Gasteiger partial charge on any atom is -0.378 e. The molecular formula is C14H18N2OS. The summed E-state index contributed by atoms with van der Waals surface area (Å²) in [6, 6.07) is 8.96. The van der Waals surface area contributed by atoms with Crippen molar-refractivity contribution in [2.45, 2.75) is 12.6 Å². The first-order valence-corrected chi connectivity index (χ1v) is 7.23. The predicted octanol–water partition coefficient (Wildman–Crippen LogP) is 2.06. The standard InChI is InChI=1S/C14H18N2OS/c15-7-12-9-17-6-5-16(12)8-11-10-18-14-4-2-1-3-13(11)14/h1-4,10,12H,5-9,15H2. The van der Waals surface area contributed by atoms with E-state index in [1.54, 1.807) is 0 Å². The van der Waals surface area contributed by atoms with Crippen LogP contribution in [0.1, 0.15) is 5.56 Å². The maximum Gasteiger partial charge on any atom is 0.0634 e. The molecule has 2 heterocycles. The Morgan fingerprint density at radius 1 is 1.39 bits per heavy atom. The van der Waals surface area contributed by atoms with Crippen molar-refractivity contribution in [1.29, 1.82) is 0 Å². The summed E-state index contributed by atoms with van der Waals surface area (Å²) < 4.78 is 6.86. The third kappa shape index (κ3) is 2.29. The molecule has 1 fully saturated rings. The van der Waals surface area contributed by atoms with Gasteiger partial charge in [0, 0.05) is 30.4 Å². The Kier molecular flexibility index (Phi) is 3.61. The van der Waals surface area contributed by atoms with E-state index in [0.717, 1.165) is 26.3 Å². The zero-order valence-electron chi connectivity index (χ0n) is 10.3. The van der Waals surface area contributed by atoms with Crippen molar-refractivity contribution in [2.75, 3.05) is 26.3 Å². The van der Waals surface area contributed by atoms with Gasteiger partial charge in [-0.25, -0.2) is 0 Å². The van der Waals surface area contributed by atoms with E-state index in [1.165, 1.54) is 15.6 Å². The number of hydrogen-bond acceptors (Lipinski definition) is 4. The summed E-state index contributed by atoms with van der Waals surface area (Å²) in [4.78, 5) is 2.44. The van der Waals surface area contributed by atoms with E-state index in [-0.39, 0.29) is 0 Å².